The number of nitrogens with one attached hydrogen (secondary N) is 1. The smallest absolute Gasteiger partial charge is 0.130 e. The summed E-state index contributed by atoms with van der Waals surface area (Å²) in [6.45, 7) is 0. The highest BCUT2D eigenvalue weighted by atomic mass is 79.9. The number of rotatable bonds is 2. The van der Waals surface area contributed by atoms with E-state index in [2.05, 4.69) is 92.9 Å². The first kappa shape index (κ1) is 13.6. The Morgan fingerprint density at radius 2 is 1.86 bits per heavy atom. The highest BCUT2D eigenvalue weighted by Gasteiger charge is 2.31. The van der Waals surface area contributed by atoms with E-state index in [1.807, 2.05) is 0 Å². The van der Waals surface area contributed by atoms with Crippen LogP contribution in [-0.4, -0.2) is 0 Å². The van der Waals surface area contributed by atoms with E-state index in [1.54, 1.807) is 0 Å². The Kier molecular flexibility index (Phi) is 3.51. The lowest BCUT2D eigenvalue weighted by Gasteiger charge is -2.30. The van der Waals surface area contributed by atoms with Crippen LogP contribution in [0, 0.1) is 0 Å². The van der Waals surface area contributed by atoms with E-state index in [-0.39, 0.29) is 6.17 Å². The van der Waals surface area contributed by atoms with Gasteiger partial charge in [0.15, 0.2) is 0 Å². The van der Waals surface area contributed by atoms with Crippen molar-refractivity contribution in [1.29, 1.82) is 0 Å². The maximum Gasteiger partial charge on any atom is 0.130 e. The van der Waals surface area contributed by atoms with Crippen LogP contribution in [0.1, 0.15) is 24.6 Å². The Balaban J connectivity index is 1.79. The maximum absolute atomic E-state index is 3.66. The Morgan fingerprint density at radius 1 is 1.05 bits per heavy atom. The Labute approximate surface area is 139 Å². The molecule has 0 bridgehead atoms. The second kappa shape index (κ2) is 5.65. The van der Waals surface area contributed by atoms with Crippen LogP contribution in [0.2, 0.25) is 0 Å². The van der Waals surface area contributed by atoms with Crippen molar-refractivity contribution in [2.45, 2.75) is 19.0 Å². The van der Waals surface area contributed by atoms with Crippen molar-refractivity contribution in [2.75, 3.05) is 10.2 Å². The molecule has 0 saturated heterocycles. The van der Waals surface area contributed by atoms with Gasteiger partial charge in [-0.15, -0.1) is 0 Å². The first-order valence-corrected chi connectivity index (χ1v) is 8.38. The van der Waals surface area contributed by atoms with Gasteiger partial charge in [-0.1, -0.05) is 52.3 Å². The number of hydrogen-bond acceptors (Lipinski definition) is 2. The number of allylic oxidation sites excluding steroid dienone is 4. The molecule has 2 aromatic carbocycles. The predicted molar refractivity (Wildman–Crippen MR) is 95.9 cm³/mol. The topological polar surface area (TPSA) is 15.3 Å². The van der Waals surface area contributed by atoms with Crippen LogP contribution in [0.4, 0.5) is 11.4 Å². The van der Waals surface area contributed by atoms with Gasteiger partial charge in [0.1, 0.15) is 6.17 Å². The molecule has 0 spiro atoms. The molecule has 2 aliphatic rings. The minimum atomic E-state index is 0.156. The summed E-state index contributed by atoms with van der Waals surface area (Å²) in [5, 5.41) is 3.66. The second-order valence-corrected chi connectivity index (χ2v) is 6.53. The van der Waals surface area contributed by atoms with Crippen molar-refractivity contribution in [2.24, 2.45) is 0 Å². The predicted octanol–water partition coefficient (Wildman–Crippen LogP) is 5.61. The molecule has 110 valence electrons. The van der Waals surface area contributed by atoms with Crippen LogP contribution in [0.25, 0.3) is 0 Å². The number of nitrogens with zero attached hydrogens (tertiary/aromatic N) is 1. The van der Waals surface area contributed by atoms with Gasteiger partial charge in [-0.3, -0.25) is 0 Å². The Hall–Kier alpha value is -2.00. The minimum absolute atomic E-state index is 0.156. The summed E-state index contributed by atoms with van der Waals surface area (Å²) in [6, 6.07) is 17.1. The number of hydrogen-bond donors (Lipinski definition) is 1. The van der Waals surface area contributed by atoms with Crippen molar-refractivity contribution in [3.63, 3.8) is 0 Å². The van der Waals surface area contributed by atoms with Gasteiger partial charge in [0.05, 0.1) is 11.4 Å². The largest absolute Gasteiger partial charge is 0.359 e. The number of benzene rings is 2. The quantitative estimate of drug-likeness (QED) is 0.755. The van der Waals surface area contributed by atoms with E-state index >= 15 is 0 Å². The van der Waals surface area contributed by atoms with E-state index in [0.717, 1.165) is 17.3 Å². The molecule has 0 radical (unpaired) electrons. The van der Waals surface area contributed by atoms with Crippen LogP contribution >= 0.6 is 15.9 Å². The van der Waals surface area contributed by atoms with Crippen molar-refractivity contribution in [3.05, 3.63) is 82.5 Å². The lowest BCUT2D eigenvalue weighted by molar-refractivity contribution is 0.748. The molecule has 0 amide bonds. The summed E-state index contributed by atoms with van der Waals surface area (Å²) in [7, 11) is 0. The second-order valence-electron chi connectivity index (χ2n) is 5.61. The summed E-state index contributed by atoms with van der Waals surface area (Å²) in [6.07, 6.45) is 8.98. The zero-order valence-electron chi connectivity index (χ0n) is 12.2. The summed E-state index contributed by atoms with van der Waals surface area (Å²) in [5.74, 6) is 0. The third-order valence-corrected chi connectivity index (χ3v) is 4.73. The minimum Gasteiger partial charge on any atom is -0.359 e. The SMILES string of the molecule is Brc1ccc(C2Nc3ccccc3N2C2=CC=CCC2)cc1. The van der Waals surface area contributed by atoms with Crippen LogP contribution in [-0.2, 0) is 0 Å². The molecule has 0 aromatic heterocycles. The van der Waals surface area contributed by atoms with Gasteiger partial charge in [0, 0.05) is 10.2 Å². The number of halogens is 1. The molecule has 3 heteroatoms. The van der Waals surface area contributed by atoms with E-state index in [1.165, 1.54) is 22.6 Å². The van der Waals surface area contributed by atoms with Crippen molar-refractivity contribution < 1.29 is 0 Å². The van der Waals surface area contributed by atoms with E-state index < -0.39 is 0 Å². The lowest BCUT2D eigenvalue weighted by atomic mass is 10.1. The molecule has 22 heavy (non-hydrogen) atoms. The fraction of sp³-hybridized carbons (Fsp3) is 0.158. The standard InChI is InChI=1S/C19H17BrN2/c20-15-12-10-14(11-13-15)19-21-17-8-4-5-9-18(17)22(19)16-6-2-1-3-7-16/h1-2,4-6,8-13,19,21H,3,7H2. The Morgan fingerprint density at radius 3 is 2.64 bits per heavy atom. The maximum atomic E-state index is 3.66. The lowest BCUT2D eigenvalue weighted by Crippen LogP contribution is -2.27. The van der Waals surface area contributed by atoms with Gasteiger partial charge < -0.3 is 10.2 Å². The molecule has 0 fully saturated rings. The molecule has 1 unspecified atom stereocenters. The van der Waals surface area contributed by atoms with E-state index in [0.29, 0.717) is 0 Å². The number of fused-ring (bicyclic) bond motifs is 1. The highest BCUT2D eigenvalue weighted by Crippen LogP contribution is 2.44. The fourth-order valence-electron chi connectivity index (χ4n) is 3.15. The number of para-hydroxylation sites is 2. The monoisotopic (exact) mass is 352 g/mol. The fourth-order valence-corrected chi connectivity index (χ4v) is 3.41. The summed E-state index contributed by atoms with van der Waals surface area (Å²) >= 11 is 3.52. The van der Waals surface area contributed by atoms with Crippen molar-refractivity contribution >= 4 is 27.3 Å². The zero-order chi connectivity index (χ0) is 14.9. The molecule has 2 nitrogen and oxygen atoms in total. The Bertz CT molecular complexity index is 746. The number of anilines is 2. The molecule has 1 aliphatic carbocycles. The van der Waals surface area contributed by atoms with Gasteiger partial charge in [-0.25, -0.2) is 0 Å². The molecule has 0 saturated carbocycles. The average molecular weight is 353 g/mol. The van der Waals surface area contributed by atoms with Gasteiger partial charge in [0.2, 0.25) is 0 Å². The van der Waals surface area contributed by atoms with Crippen molar-refractivity contribution in [1.82, 2.24) is 0 Å². The molecular formula is C19H17BrN2. The molecule has 4 rings (SSSR count). The molecule has 1 aliphatic heterocycles. The van der Waals surface area contributed by atoms with Crippen molar-refractivity contribution in [3.8, 4) is 0 Å². The molecule has 1 atom stereocenters. The average Bonchev–Trinajstić information content (AvgIpc) is 2.96. The van der Waals surface area contributed by atoms with Gasteiger partial charge in [0.25, 0.3) is 0 Å². The van der Waals surface area contributed by atoms with Crippen LogP contribution < -0.4 is 10.2 Å². The van der Waals surface area contributed by atoms with Crippen LogP contribution in [0.15, 0.2) is 76.9 Å². The normalized spacial score (nSPS) is 19.6. The third-order valence-electron chi connectivity index (χ3n) is 4.20. The van der Waals surface area contributed by atoms with Gasteiger partial charge >= 0.3 is 0 Å². The van der Waals surface area contributed by atoms with E-state index in [4.69, 9.17) is 0 Å². The highest BCUT2D eigenvalue weighted by molar-refractivity contribution is 9.10. The summed E-state index contributed by atoms with van der Waals surface area (Å²) < 4.78 is 1.11. The first-order valence-electron chi connectivity index (χ1n) is 7.59. The molecule has 1 heterocycles. The first-order chi connectivity index (χ1) is 10.8. The third kappa shape index (κ3) is 2.35. The molecule has 2 aromatic rings. The van der Waals surface area contributed by atoms with Gasteiger partial charge in [-0.2, -0.15) is 0 Å². The zero-order valence-corrected chi connectivity index (χ0v) is 13.8. The van der Waals surface area contributed by atoms with E-state index in [9.17, 15) is 0 Å². The van der Waals surface area contributed by atoms with Gasteiger partial charge in [-0.05, 0) is 48.7 Å². The summed E-state index contributed by atoms with van der Waals surface area (Å²) in [4.78, 5) is 2.43. The van der Waals surface area contributed by atoms with Crippen LogP contribution in [0.3, 0.4) is 0 Å². The molecular weight excluding hydrogens is 336 g/mol. The van der Waals surface area contributed by atoms with Crippen LogP contribution in [0.5, 0.6) is 0 Å². The summed E-state index contributed by atoms with van der Waals surface area (Å²) in [5.41, 5.74) is 5.10. The molecule has 1 N–H and O–H groups in total.